The molecule has 0 saturated carbocycles. The van der Waals surface area contributed by atoms with Gasteiger partial charge in [-0.25, -0.2) is 9.41 Å². The monoisotopic (exact) mass is 505 g/mol. The molecule has 0 fully saturated rings. The van der Waals surface area contributed by atoms with Crippen molar-refractivity contribution in [2.24, 2.45) is 7.05 Å². The Morgan fingerprint density at radius 1 is 0.838 bits per heavy atom. The van der Waals surface area contributed by atoms with Gasteiger partial charge in [0.15, 0.2) is 6.20 Å². The molecule has 1 aromatic heterocycles. The summed E-state index contributed by atoms with van der Waals surface area (Å²) in [5.74, 6) is 0. The van der Waals surface area contributed by atoms with Gasteiger partial charge in [0, 0.05) is 11.1 Å². The minimum atomic E-state index is -1.43. The van der Waals surface area contributed by atoms with Gasteiger partial charge in [0.1, 0.15) is 7.05 Å². The predicted molar refractivity (Wildman–Crippen MR) is 163 cm³/mol. The van der Waals surface area contributed by atoms with E-state index in [1.807, 2.05) is 0 Å². The van der Waals surface area contributed by atoms with Gasteiger partial charge < -0.3 is 0 Å². The van der Waals surface area contributed by atoms with Crippen molar-refractivity contribution in [2.75, 3.05) is 0 Å². The van der Waals surface area contributed by atoms with E-state index in [-0.39, 0.29) is 5.41 Å². The van der Waals surface area contributed by atoms with Crippen molar-refractivity contribution >= 4 is 29.7 Å². The van der Waals surface area contributed by atoms with Crippen molar-refractivity contribution < 1.29 is 4.57 Å². The molecular weight excluding hydrogens is 464 g/mol. The van der Waals surface area contributed by atoms with Gasteiger partial charge in [-0.3, -0.25) is 0 Å². The summed E-state index contributed by atoms with van der Waals surface area (Å²) in [6.07, 6.45) is 2.11. The van der Waals surface area contributed by atoms with Gasteiger partial charge >= 0.3 is 0 Å². The van der Waals surface area contributed by atoms with Crippen LogP contribution in [0.4, 0.5) is 5.69 Å². The lowest BCUT2D eigenvalue weighted by molar-refractivity contribution is -0.659. The molecule has 4 rings (SSSR count). The molecule has 0 atom stereocenters. The van der Waals surface area contributed by atoms with E-state index in [9.17, 15) is 0 Å². The van der Waals surface area contributed by atoms with Crippen LogP contribution in [-0.2, 0) is 12.5 Å². The average Bonchev–Trinajstić information content (AvgIpc) is 2.90. The first kappa shape index (κ1) is 26.8. The molecule has 3 aromatic carbocycles. The summed E-state index contributed by atoms with van der Waals surface area (Å²) in [5, 5.41) is 4.09. The smallest absolute Gasteiger partial charge is 0.230 e. The van der Waals surface area contributed by atoms with Crippen molar-refractivity contribution in [1.82, 2.24) is 0 Å². The first-order valence-electron chi connectivity index (χ1n) is 13.7. The van der Waals surface area contributed by atoms with Crippen LogP contribution < -0.4 is 9.75 Å². The molecule has 0 spiro atoms. The van der Waals surface area contributed by atoms with Crippen LogP contribution >= 0.6 is 0 Å². The number of aryl methyl sites for hydroxylation is 2. The highest BCUT2D eigenvalue weighted by Gasteiger charge is 2.30. The number of rotatable bonds is 6. The largest absolute Gasteiger partial charge is 0.264 e. The van der Waals surface area contributed by atoms with Crippen LogP contribution in [0.5, 0.6) is 0 Å². The van der Waals surface area contributed by atoms with Gasteiger partial charge in [0.2, 0.25) is 5.69 Å². The van der Waals surface area contributed by atoms with E-state index in [2.05, 4.69) is 132 Å². The Labute approximate surface area is 224 Å². The summed E-state index contributed by atoms with van der Waals surface area (Å²) in [6.45, 7) is 24.4. The fourth-order valence-corrected chi connectivity index (χ4v) is 9.65. The van der Waals surface area contributed by atoms with Crippen LogP contribution in [-0.4, -0.2) is 8.07 Å². The second-order valence-electron chi connectivity index (χ2n) is 11.5. The molecule has 3 heteroatoms. The third-order valence-electron chi connectivity index (χ3n) is 8.62. The van der Waals surface area contributed by atoms with Crippen molar-refractivity contribution in [3.8, 4) is 22.4 Å². The Bertz CT molecular complexity index is 1470. The normalized spacial score (nSPS) is 12.1. The molecule has 2 nitrogen and oxygen atoms in total. The summed E-state index contributed by atoms with van der Waals surface area (Å²) in [7, 11) is 0.627. The second-order valence-corrected chi connectivity index (χ2v) is 16.7. The number of hydrogen-bond donors (Lipinski definition) is 0. The Hall–Kier alpha value is -3.22. The molecule has 190 valence electrons. The Morgan fingerprint density at radius 2 is 1.43 bits per heavy atom. The minimum Gasteiger partial charge on any atom is -0.230 e. The average molecular weight is 506 g/mol. The number of aromatic nitrogens is 1. The fourth-order valence-electron chi connectivity index (χ4n) is 6.05. The van der Waals surface area contributed by atoms with Gasteiger partial charge in [-0.05, 0) is 51.9 Å². The molecule has 0 saturated heterocycles. The maximum Gasteiger partial charge on any atom is 0.264 e. The lowest BCUT2D eigenvalue weighted by atomic mass is 9.80. The SMILES string of the molecule is [C-]#[N+]c1c(-c2ccc([Si](CC)(CC)CC)cc2)cc[n+](C)c1-c1cc(C(C)(C)C)c2ccccc2c1C. The van der Waals surface area contributed by atoms with Crippen LogP contribution in [0.1, 0.15) is 52.7 Å². The van der Waals surface area contributed by atoms with E-state index in [0.29, 0.717) is 0 Å². The fraction of sp³-hybridized carbons (Fsp3) is 0.353. The van der Waals surface area contributed by atoms with E-state index < -0.39 is 8.07 Å². The molecule has 0 aliphatic heterocycles. The first-order valence-corrected chi connectivity index (χ1v) is 16.3. The van der Waals surface area contributed by atoms with E-state index in [1.165, 1.54) is 45.2 Å². The summed E-state index contributed by atoms with van der Waals surface area (Å²) in [6, 6.07) is 26.1. The van der Waals surface area contributed by atoms with Crippen LogP contribution in [0.25, 0.3) is 38.0 Å². The molecule has 0 aliphatic carbocycles. The van der Waals surface area contributed by atoms with Gasteiger partial charge in [-0.2, -0.15) is 0 Å². The van der Waals surface area contributed by atoms with Crippen molar-refractivity contribution in [3.05, 3.63) is 89.4 Å². The number of fused-ring (bicyclic) bond motifs is 1. The van der Waals surface area contributed by atoms with Gasteiger partial charge in [0.05, 0.1) is 14.6 Å². The second kappa shape index (κ2) is 10.3. The van der Waals surface area contributed by atoms with Gasteiger partial charge in [0.25, 0.3) is 5.69 Å². The van der Waals surface area contributed by atoms with Crippen LogP contribution in [0, 0.1) is 13.5 Å². The minimum absolute atomic E-state index is 0.0133. The number of pyridine rings is 1. The van der Waals surface area contributed by atoms with Crippen molar-refractivity contribution in [1.29, 1.82) is 0 Å². The van der Waals surface area contributed by atoms with E-state index in [1.54, 1.807) is 0 Å². The summed E-state index contributed by atoms with van der Waals surface area (Å²) in [4.78, 5) is 4.15. The topological polar surface area (TPSA) is 8.24 Å². The number of hydrogen-bond acceptors (Lipinski definition) is 0. The molecule has 0 bridgehead atoms. The van der Waals surface area contributed by atoms with Gasteiger partial charge in [-0.15, -0.1) is 0 Å². The molecule has 0 N–H and O–H groups in total. The Morgan fingerprint density at radius 3 is 1.97 bits per heavy atom. The third kappa shape index (κ3) is 4.64. The summed E-state index contributed by atoms with van der Waals surface area (Å²) in [5.41, 5.74) is 7.51. The van der Waals surface area contributed by atoms with Crippen LogP contribution in [0.15, 0.2) is 66.9 Å². The standard InChI is InChI=1S/C34H41N2Si/c1-10-37(11-2,12-3)26-19-17-25(18-20-26)28-21-22-36(9)33(32(28)35-8)30-23-31(34(5,6)7)29-16-14-13-15-27(29)24(30)4/h13-23H,10-12H2,1-7,9H3/q+1. The number of nitrogens with zero attached hydrogens (tertiary/aromatic N) is 2. The van der Waals surface area contributed by atoms with E-state index >= 15 is 0 Å². The quantitative estimate of drug-likeness (QED) is 0.140. The zero-order chi connectivity index (χ0) is 27.0. The molecule has 0 radical (unpaired) electrons. The lowest BCUT2D eigenvalue weighted by Gasteiger charge is -2.28. The molecule has 0 unspecified atom stereocenters. The zero-order valence-corrected chi connectivity index (χ0v) is 24.9. The highest BCUT2D eigenvalue weighted by Crippen LogP contribution is 2.42. The molecule has 1 heterocycles. The highest BCUT2D eigenvalue weighted by atomic mass is 28.3. The molecule has 4 aromatic rings. The van der Waals surface area contributed by atoms with Crippen LogP contribution in [0.2, 0.25) is 18.1 Å². The summed E-state index contributed by atoms with van der Waals surface area (Å²) < 4.78 is 2.12. The summed E-state index contributed by atoms with van der Waals surface area (Å²) >= 11 is 0. The Kier molecular flexibility index (Phi) is 7.44. The van der Waals surface area contributed by atoms with Crippen molar-refractivity contribution in [3.63, 3.8) is 0 Å². The molecule has 0 aliphatic rings. The van der Waals surface area contributed by atoms with Crippen molar-refractivity contribution in [2.45, 2.75) is 72.0 Å². The maximum atomic E-state index is 8.28. The molecule has 37 heavy (non-hydrogen) atoms. The molecular formula is C34H41N2Si+. The zero-order valence-electron chi connectivity index (χ0n) is 23.9. The first-order chi connectivity index (χ1) is 17.6. The highest BCUT2D eigenvalue weighted by molar-refractivity contribution is 6.91. The Balaban J connectivity index is 1.96. The lowest BCUT2D eigenvalue weighted by Crippen LogP contribution is -2.45. The maximum absolute atomic E-state index is 8.28. The predicted octanol–water partition coefficient (Wildman–Crippen LogP) is 8.87. The van der Waals surface area contributed by atoms with Crippen LogP contribution in [0.3, 0.4) is 0 Å². The van der Waals surface area contributed by atoms with E-state index in [0.717, 1.165) is 28.1 Å². The third-order valence-corrected chi connectivity index (χ3v) is 14.2. The number of benzene rings is 3. The van der Waals surface area contributed by atoms with Gasteiger partial charge in [-0.1, -0.05) is 113 Å². The van der Waals surface area contributed by atoms with E-state index in [4.69, 9.17) is 6.57 Å². The molecule has 0 amide bonds.